The SMILES string of the molecule is CN(C)C(=O)CCCCCOc1cccc2c1nc(-c1ccccc1)n2-c1ccccc1. The van der Waals surface area contributed by atoms with Gasteiger partial charge >= 0.3 is 0 Å². The lowest BCUT2D eigenvalue weighted by molar-refractivity contribution is -0.128. The molecule has 0 N–H and O–H groups in total. The highest BCUT2D eigenvalue weighted by molar-refractivity contribution is 5.88. The van der Waals surface area contributed by atoms with E-state index in [1.165, 1.54) is 0 Å². The monoisotopic (exact) mass is 427 g/mol. The van der Waals surface area contributed by atoms with Crippen molar-refractivity contribution in [3.8, 4) is 22.8 Å². The molecule has 0 saturated carbocycles. The zero-order chi connectivity index (χ0) is 22.3. The number of amides is 1. The highest BCUT2D eigenvalue weighted by Crippen LogP contribution is 2.33. The number of unbranched alkanes of at least 4 members (excludes halogenated alkanes) is 2. The van der Waals surface area contributed by atoms with Gasteiger partial charge in [0.2, 0.25) is 5.91 Å². The van der Waals surface area contributed by atoms with Gasteiger partial charge < -0.3 is 9.64 Å². The minimum Gasteiger partial charge on any atom is -0.491 e. The summed E-state index contributed by atoms with van der Waals surface area (Å²) in [6.07, 6.45) is 3.33. The molecule has 0 bridgehead atoms. The second kappa shape index (κ2) is 10.1. The van der Waals surface area contributed by atoms with Gasteiger partial charge in [0, 0.05) is 31.8 Å². The van der Waals surface area contributed by atoms with Gasteiger partial charge in [-0.1, -0.05) is 54.6 Å². The van der Waals surface area contributed by atoms with Crippen molar-refractivity contribution in [1.29, 1.82) is 0 Å². The summed E-state index contributed by atoms with van der Waals surface area (Å²) < 4.78 is 8.33. The van der Waals surface area contributed by atoms with E-state index in [1.54, 1.807) is 19.0 Å². The van der Waals surface area contributed by atoms with Crippen molar-refractivity contribution in [2.75, 3.05) is 20.7 Å². The van der Waals surface area contributed by atoms with Crippen LogP contribution >= 0.6 is 0 Å². The maximum Gasteiger partial charge on any atom is 0.222 e. The van der Waals surface area contributed by atoms with Crippen molar-refractivity contribution in [3.05, 3.63) is 78.9 Å². The van der Waals surface area contributed by atoms with Gasteiger partial charge in [-0.25, -0.2) is 4.98 Å². The highest BCUT2D eigenvalue weighted by Gasteiger charge is 2.17. The lowest BCUT2D eigenvalue weighted by atomic mass is 10.2. The van der Waals surface area contributed by atoms with E-state index in [0.29, 0.717) is 13.0 Å². The molecule has 3 aromatic carbocycles. The second-order valence-corrected chi connectivity index (χ2v) is 8.04. The van der Waals surface area contributed by atoms with Gasteiger partial charge in [0.05, 0.1) is 12.1 Å². The quantitative estimate of drug-likeness (QED) is 0.321. The minimum absolute atomic E-state index is 0.176. The first kappa shape index (κ1) is 21.6. The average Bonchev–Trinajstić information content (AvgIpc) is 3.22. The van der Waals surface area contributed by atoms with Crippen LogP contribution in [-0.2, 0) is 4.79 Å². The third-order valence-corrected chi connectivity index (χ3v) is 5.49. The van der Waals surface area contributed by atoms with Crippen molar-refractivity contribution in [3.63, 3.8) is 0 Å². The summed E-state index contributed by atoms with van der Waals surface area (Å²) in [6.45, 7) is 0.605. The Morgan fingerprint density at radius 2 is 1.59 bits per heavy atom. The predicted octanol–water partition coefficient (Wildman–Crippen LogP) is 5.72. The number of imidazole rings is 1. The van der Waals surface area contributed by atoms with Crippen LogP contribution < -0.4 is 4.74 Å². The maximum absolute atomic E-state index is 11.7. The standard InChI is InChI=1S/C27H29N3O2/c1-29(2)25(31)19-10-5-11-20-32-24-18-12-17-23-26(24)28-27(21-13-6-3-7-14-21)30(23)22-15-8-4-9-16-22/h3-4,6-9,12-18H,5,10-11,19-20H2,1-2H3. The van der Waals surface area contributed by atoms with Crippen molar-refractivity contribution in [2.24, 2.45) is 0 Å². The van der Waals surface area contributed by atoms with Gasteiger partial charge in [0.15, 0.2) is 0 Å². The first-order chi connectivity index (χ1) is 15.6. The predicted molar refractivity (Wildman–Crippen MR) is 129 cm³/mol. The van der Waals surface area contributed by atoms with Crippen LogP contribution in [0.25, 0.3) is 28.1 Å². The summed E-state index contributed by atoms with van der Waals surface area (Å²) in [5, 5.41) is 0. The summed E-state index contributed by atoms with van der Waals surface area (Å²) in [5.74, 6) is 1.86. The van der Waals surface area contributed by atoms with Crippen molar-refractivity contribution in [2.45, 2.75) is 25.7 Å². The lowest BCUT2D eigenvalue weighted by Crippen LogP contribution is -2.21. The number of carbonyl (C=O) groups is 1. The Balaban J connectivity index is 1.57. The van der Waals surface area contributed by atoms with Gasteiger partial charge in [-0.05, 0) is 43.5 Å². The Bertz CT molecular complexity index is 1170. The van der Waals surface area contributed by atoms with Gasteiger partial charge in [0.1, 0.15) is 17.1 Å². The number of ether oxygens (including phenoxy) is 1. The third kappa shape index (κ3) is 4.83. The molecule has 1 heterocycles. The van der Waals surface area contributed by atoms with Gasteiger partial charge in [-0.3, -0.25) is 9.36 Å². The maximum atomic E-state index is 11.7. The summed E-state index contributed by atoms with van der Waals surface area (Å²) in [5.41, 5.74) is 4.00. The van der Waals surface area contributed by atoms with Crippen molar-refractivity contribution >= 4 is 16.9 Å². The van der Waals surface area contributed by atoms with E-state index in [2.05, 4.69) is 34.9 Å². The number of fused-ring (bicyclic) bond motifs is 1. The number of hydrogen-bond acceptors (Lipinski definition) is 3. The van der Waals surface area contributed by atoms with E-state index in [4.69, 9.17) is 9.72 Å². The number of carbonyl (C=O) groups excluding carboxylic acids is 1. The van der Waals surface area contributed by atoms with Gasteiger partial charge in [0.25, 0.3) is 0 Å². The molecule has 0 atom stereocenters. The van der Waals surface area contributed by atoms with Crippen LogP contribution in [-0.4, -0.2) is 41.1 Å². The fourth-order valence-electron chi connectivity index (χ4n) is 3.77. The normalized spacial score (nSPS) is 10.9. The molecule has 32 heavy (non-hydrogen) atoms. The summed E-state index contributed by atoms with van der Waals surface area (Å²) >= 11 is 0. The number of benzene rings is 3. The summed E-state index contributed by atoms with van der Waals surface area (Å²) in [4.78, 5) is 18.3. The molecule has 0 saturated heterocycles. The Hall–Kier alpha value is -3.60. The molecular formula is C27H29N3O2. The Morgan fingerprint density at radius 3 is 2.31 bits per heavy atom. The molecule has 5 heteroatoms. The van der Waals surface area contributed by atoms with E-state index >= 15 is 0 Å². The molecule has 5 nitrogen and oxygen atoms in total. The lowest BCUT2D eigenvalue weighted by Gasteiger charge is -2.10. The summed E-state index contributed by atoms with van der Waals surface area (Å²) in [6, 6.07) is 26.6. The smallest absolute Gasteiger partial charge is 0.222 e. The minimum atomic E-state index is 0.176. The van der Waals surface area contributed by atoms with Gasteiger partial charge in [-0.15, -0.1) is 0 Å². The van der Waals surface area contributed by atoms with Crippen LogP contribution in [0.5, 0.6) is 5.75 Å². The van der Waals surface area contributed by atoms with Crippen LogP contribution in [0.4, 0.5) is 0 Å². The average molecular weight is 428 g/mol. The van der Waals surface area contributed by atoms with E-state index in [1.807, 2.05) is 48.5 Å². The Labute approximate surface area is 189 Å². The molecule has 0 unspecified atom stereocenters. The first-order valence-electron chi connectivity index (χ1n) is 11.1. The van der Waals surface area contributed by atoms with Crippen LogP contribution in [0.1, 0.15) is 25.7 Å². The Kier molecular flexibility index (Phi) is 6.85. The zero-order valence-corrected chi connectivity index (χ0v) is 18.7. The molecule has 0 aliphatic rings. The number of aromatic nitrogens is 2. The molecule has 0 fully saturated rings. The Morgan fingerprint density at radius 1 is 0.875 bits per heavy atom. The summed E-state index contributed by atoms with van der Waals surface area (Å²) in [7, 11) is 3.59. The number of hydrogen-bond donors (Lipinski definition) is 0. The highest BCUT2D eigenvalue weighted by atomic mass is 16.5. The fraction of sp³-hybridized carbons (Fsp3) is 0.259. The van der Waals surface area contributed by atoms with Crippen LogP contribution in [0, 0.1) is 0 Å². The molecule has 4 rings (SSSR count). The van der Waals surface area contributed by atoms with E-state index in [-0.39, 0.29) is 5.91 Å². The molecule has 1 amide bonds. The van der Waals surface area contributed by atoms with E-state index < -0.39 is 0 Å². The second-order valence-electron chi connectivity index (χ2n) is 8.04. The molecule has 1 aromatic heterocycles. The molecule has 0 radical (unpaired) electrons. The van der Waals surface area contributed by atoms with Crippen molar-refractivity contribution in [1.82, 2.24) is 14.5 Å². The van der Waals surface area contributed by atoms with E-state index in [9.17, 15) is 4.79 Å². The largest absolute Gasteiger partial charge is 0.491 e. The molecular weight excluding hydrogens is 398 g/mol. The number of rotatable bonds is 9. The van der Waals surface area contributed by atoms with Crippen LogP contribution in [0.3, 0.4) is 0 Å². The van der Waals surface area contributed by atoms with Gasteiger partial charge in [-0.2, -0.15) is 0 Å². The van der Waals surface area contributed by atoms with Crippen molar-refractivity contribution < 1.29 is 9.53 Å². The molecule has 164 valence electrons. The number of para-hydroxylation sites is 2. The third-order valence-electron chi connectivity index (χ3n) is 5.49. The molecule has 0 spiro atoms. The fourth-order valence-corrected chi connectivity index (χ4v) is 3.77. The van der Waals surface area contributed by atoms with Crippen LogP contribution in [0.2, 0.25) is 0 Å². The zero-order valence-electron chi connectivity index (χ0n) is 18.7. The molecule has 4 aromatic rings. The topological polar surface area (TPSA) is 47.4 Å². The molecule has 0 aliphatic heterocycles. The van der Waals surface area contributed by atoms with E-state index in [0.717, 1.165) is 53.1 Å². The molecule has 0 aliphatic carbocycles. The first-order valence-corrected chi connectivity index (χ1v) is 11.1. The van der Waals surface area contributed by atoms with Crippen LogP contribution in [0.15, 0.2) is 78.9 Å². The number of nitrogens with zero attached hydrogens (tertiary/aromatic N) is 3.